The summed E-state index contributed by atoms with van der Waals surface area (Å²) < 4.78 is 5.79. The first-order valence-electron chi connectivity index (χ1n) is 8.73. The Kier molecular flexibility index (Phi) is 6.00. The third-order valence-electron chi connectivity index (χ3n) is 3.99. The van der Waals surface area contributed by atoms with Gasteiger partial charge < -0.3 is 9.64 Å². The maximum absolute atomic E-state index is 13.0. The summed E-state index contributed by atoms with van der Waals surface area (Å²) in [4.78, 5) is 18.9. The zero-order chi connectivity index (χ0) is 19.1. The van der Waals surface area contributed by atoms with Gasteiger partial charge in [0.1, 0.15) is 12.4 Å². The second-order valence-corrected chi connectivity index (χ2v) is 6.37. The Labute approximate surface area is 159 Å². The van der Waals surface area contributed by atoms with E-state index in [1.165, 1.54) is 0 Å². The summed E-state index contributed by atoms with van der Waals surface area (Å²) in [5.74, 6) is 0.696. The number of hydrogen-bond donors (Lipinski definition) is 0. The third-order valence-corrected chi connectivity index (χ3v) is 3.99. The molecule has 4 heteroatoms. The number of nitrogens with zero attached hydrogens (tertiary/aromatic N) is 2. The van der Waals surface area contributed by atoms with Crippen LogP contribution in [0.25, 0.3) is 5.57 Å². The molecule has 3 aromatic rings. The fourth-order valence-electron chi connectivity index (χ4n) is 2.65. The largest absolute Gasteiger partial charge is 0.489 e. The van der Waals surface area contributed by atoms with Gasteiger partial charge in [-0.05, 0) is 47.5 Å². The van der Waals surface area contributed by atoms with Crippen molar-refractivity contribution in [3.63, 3.8) is 0 Å². The zero-order valence-electron chi connectivity index (χ0n) is 15.5. The van der Waals surface area contributed by atoms with E-state index in [-0.39, 0.29) is 5.78 Å². The number of ether oxygens (including phenoxy) is 1. The molecule has 1 aromatic heterocycles. The Morgan fingerprint density at radius 2 is 1.59 bits per heavy atom. The van der Waals surface area contributed by atoms with E-state index in [4.69, 9.17) is 4.74 Å². The first-order valence-corrected chi connectivity index (χ1v) is 8.73. The lowest BCUT2D eigenvalue weighted by Crippen LogP contribution is -2.09. The van der Waals surface area contributed by atoms with E-state index in [9.17, 15) is 4.79 Å². The molecule has 0 aliphatic carbocycles. The highest BCUT2D eigenvalue weighted by molar-refractivity contribution is 6.28. The van der Waals surface area contributed by atoms with Crippen LogP contribution in [-0.2, 0) is 6.61 Å². The molecule has 0 spiro atoms. The van der Waals surface area contributed by atoms with Crippen LogP contribution in [0.2, 0.25) is 0 Å². The molecule has 0 N–H and O–H groups in total. The number of Topliss-reactive ketones (excluding diaryl/α,β-unsaturated/α-hetero) is 1. The minimum atomic E-state index is -0.0375. The average Bonchev–Trinajstić information content (AvgIpc) is 2.72. The van der Waals surface area contributed by atoms with Crippen LogP contribution in [0, 0.1) is 0 Å². The number of carbonyl (C=O) groups is 1. The Morgan fingerprint density at radius 3 is 2.22 bits per heavy atom. The normalized spacial score (nSPS) is 11.1. The van der Waals surface area contributed by atoms with Crippen LogP contribution in [-0.4, -0.2) is 29.8 Å². The summed E-state index contributed by atoms with van der Waals surface area (Å²) >= 11 is 0. The minimum Gasteiger partial charge on any atom is -0.489 e. The molecule has 1 heterocycles. The van der Waals surface area contributed by atoms with Crippen molar-refractivity contribution in [3.8, 4) is 5.75 Å². The summed E-state index contributed by atoms with van der Waals surface area (Å²) in [7, 11) is 3.80. The van der Waals surface area contributed by atoms with Crippen molar-refractivity contribution >= 4 is 11.4 Å². The summed E-state index contributed by atoms with van der Waals surface area (Å²) in [5, 5.41) is 0. The van der Waals surface area contributed by atoms with Crippen LogP contribution in [0.4, 0.5) is 0 Å². The fraction of sp³-hybridized carbons (Fsp3) is 0.130. The van der Waals surface area contributed by atoms with Crippen molar-refractivity contribution in [1.82, 2.24) is 9.88 Å². The van der Waals surface area contributed by atoms with E-state index in [2.05, 4.69) is 4.98 Å². The van der Waals surface area contributed by atoms with Gasteiger partial charge >= 0.3 is 0 Å². The number of aromatic nitrogens is 1. The molecule has 0 atom stereocenters. The highest BCUT2D eigenvalue weighted by Crippen LogP contribution is 2.22. The van der Waals surface area contributed by atoms with Crippen LogP contribution < -0.4 is 4.74 Å². The molecule has 2 aromatic carbocycles. The van der Waals surface area contributed by atoms with E-state index >= 15 is 0 Å². The van der Waals surface area contributed by atoms with Gasteiger partial charge in [-0.25, -0.2) is 0 Å². The predicted molar refractivity (Wildman–Crippen MR) is 107 cm³/mol. The van der Waals surface area contributed by atoms with Gasteiger partial charge in [0.25, 0.3) is 0 Å². The van der Waals surface area contributed by atoms with Crippen molar-refractivity contribution in [2.75, 3.05) is 14.1 Å². The van der Waals surface area contributed by atoms with Crippen molar-refractivity contribution in [2.45, 2.75) is 6.61 Å². The number of carbonyl (C=O) groups excluding carboxylic acids is 1. The van der Waals surface area contributed by atoms with Crippen molar-refractivity contribution < 1.29 is 9.53 Å². The fourth-order valence-corrected chi connectivity index (χ4v) is 2.65. The van der Waals surface area contributed by atoms with E-state index in [0.717, 1.165) is 16.9 Å². The Morgan fingerprint density at radius 1 is 0.926 bits per heavy atom. The molecule has 0 saturated carbocycles. The molecule has 0 aliphatic heterocycles. The Balaban J connectivity index is 1.75. The van der Waals surface area contributed by atoms with Gasteiger partial charge in [0.05, 0.1) is 0 Å². The summed E-state index contributed by atoms with van der Waals surface area (Å²) in [6.45, 7) is 0.497. The quantitative estimate of drug-likeness (QED) is 0.462. The van der Waals surface area contributed by atoms with E-state index < -0.39 is 0 Å². The number of benzene rings is 2. The molecule has 27 heavy (non-hydrogen) atoms. The molecule has 0 fully saturated rings. The smallest absolute Gasteiger partial charge is 0.195 e. The molecule has 0 aliphatic rings. The predicted octanol–water partition coefficient (Wildman–Crippen LogP) is 4.45. The number of pyridine rings is 1. The first kappa shape index (κ1) is 18.4. The molecule has 4 nitrogen and oxygen atoms in total. The van der Waals surface area contributed by atoms with E-state index in [0.29, 0.717) is 17.7 Å². The highest BCUT2D eigenvalue weighted by Gasteiger charge is 2.15. The minimum absolute atomic E-state index is 0.0375. The van der Waals surface area contributed by atoms with Gasteiger partial charge in [-0.3, -0.25) is 9.78 Å². The molecule has 3 rings (SSSR count). The van der Waals surface area contributed by atoms with Crippen LogP contribution in [0.1, 0.15) is 21.5 Å². The average molecular weight is 358 g/mol. The molecular formula is C23H22N2O2. The van der Waals surface area contributed by atoms with Crippen LogP contribution in [0.3, 0.4) is 0 Å². The Bertz CT molecular complexity index is 902. The van der Waals surface area contributed by atoms with E-state index in [1.54, 1.807) is 24.5 Å². The zero-order valence-corrected chi connectivity index (χ0v) is 15.5. The van der Waals surface area contributed by atoms with Crippen LogP contribution in [0.5, 0.6) is 5.75 Å². The molecule has 0 amide bonds. The van der Waals surface area contributed by atoms with Gasteiger partial charge in [-0.1, -0.05) is 30.3 Å². The molecule has 0 saturated heterocycles. The molecule has 0 radical (unpaired) electrons. The topological polar surface area (TPSA) is 42.4 Å². The molecule has 136 valence electrons. The maximum Gasteiger partial charge on any atom is 0.195 e. The van der Waals surface area contributed by atoms with Gasteiger partial charge in [-0.2, -0.15) is 0 Å². The molecule has 0 unspecified atom stereocenters. The molecular weight excluding hydrogens is 336 g/mol. The molecule has 0 bridgehead atoms. The lowest BCUT2D eigenvalue weighted by Gasteiger charge is -2.12. The summed E-state index contributed by atoms with van der Waals surface area (Å²) in [6.07, 6.45) is 5.21. The number of ketones is 1. The Hall–Kier alpha value is -3.40. The second kappa shape index (κ2) is 8.81. The second-order valence-electron chi connectivity index (χ2n) is 6.37. The van der Waals surface area contributed by atoms with Crippen LogP contribution in [0.15, 0.2) is 85.3 Å². The van der Waals surface area contributed by atoms with Crippen LogP contribution >= 0.6 is 0 Å². The van der Waals surface area contributed by atoms with Crippen molar-refractivity contribution in [1.29, 1.82) is 0 Å². The lowest BCUT2D eigenvalue weighted by atomic mass is 9.98. The monoisotopic (exact) mass is 358 g/mol. The lowest BCUT2D eigenvalue weighted by molar-refractivity contribution is 0.105. The number of allylic oxidation sites excluding steroid dienone is 1. The number of rotatable bonds is 7. The SMILES string of the molecule is CN(C)/C=C(/C(=O)c1ccc(OCc2ccccc2)cc1)c1ccncc1. The standard InChI is InChI=1S/C23H22N2O2/c1-25(2)16-22(19-12-14-24-15-13-19)23(26)20-8-10-21(11-9-20)27-17-18-6-4-3-5-7-18/h3-16H,17H2,1-2H3/b22-16+. The van der Waals surface area contributed by atoms with Gasteiger partial charge in [0.15, 0.2) is 5.78 Å². The highest BCUT2D eigenvalue weighted by atomic mass is 16.5. The van der Waals surface area contributed by atoms with Gasteiger partial charge in [0.2, 0.25) is 0 Å². The van der Waals surface area contributed by atoms with Crippen molar-refractivity contribution in [3.05, 3.63) is 102 Å². The van der Waals surface area contributed by atoms with E-state index in [1.807, 2.05) is 79.8 Å². The first-order chi connectivity index (χ1) is 13.1. The van der Waals surface area contributed by atoms with Gasteiger partial charge in [-0.15, -0.1) is 0 Å². The van der Waals surface area contributed by atoms with Crippen molar-refractivity contribution in [2.24, 2.45) is 0 Å². The third kappa shape index (κ3) is 5.05. The summed E-state index contributed by atoms with van der Waals surface area (Å²) in [5.41, 5.74) is 3.19. The summed E-state index contributed by atoms with van der Waals surface area (Å²) in [6, 6.07) is 20.9. The number of hydrogen-bond acceptors (Lipinski definition) is 4. The maximum atomic E-state index is 13.0. The van der Waals surface area contributed by atoms with Gasteiger partial charge in [0, 0.05) is 43.8 Å².